The van der Waals surface area contributed by atoms with Gasteiger partial charge in [0.1, 0.15) is 0 Å². The first-order chi connectivity index (χ1) is 13.5. The molecular formula is C23H29N3O2. The Hall–Kier alpha value is -2.66. The minimum atomic E-state index is -0.147. The summed E-state index contributed by atoms with van der Waals surface area (Å²) in [6.07, 6.45) is 1.68. The van der Waals surface area contributed by atoms with Crippen LogP contribution in [-0.4, -0.2) is 48.8 Å². The Bertz CT molecular complexity index is 805. The molecule has 1 aliphatic rings. The molecule has 5 heteroatoms. The van der Waals surface area contributed by atoms with Gasteiger partial charge in [-0.2, -0.15) is 0 Å². The van der Waals surface area contributed by atoms with Crippen LogP contribution in [-0.2, 0) is 17.9 Å². The molecule has 2 aromatic carbocycles. The molecule has 1 atom stereocenters. The fourth-order valence-corrected chi connectivity index (χ4v) is 3.68. The summed E-state index contributed by atoms with van der Waals surface area (Å²) in [4.78, 5) is 29.3. The standard InChI is InChI=1S/C23H29N3O2/c1-25(2)16-19-9-6-8-18(14-19)15-24-22(27)21-12-7-13-26(17-21)23(28)20-10-4-3-5-11-20/h3-6,8-11,14,21H,7,12-13,15-17H2,1-2H3,(H,24,27). The van der Waals surface area contributed by atoms with E-state index in [0.29, 0.717) is 25.2 Å². The van der Waals surface area contributed by atoms with Gasteiger partial charge in [-0.3, -0.25) is 9.59 Å². The zero-order chi connectivity index (χ0) is 19.9. The van der Waals surface area contributed by atoms with Crippen LogP contribution >= 0.6 is 0 Å². The smallest absolute Gasteiger partial charge is 0.253 e. The molecule has 2 amide bonds. The Labute approximate surface area is 167 Å². The van der Waals surface area contributed by atoms with E-state index >= 15 is 0 Å². The molecule has 0 radical (unpaired) electrons. The van der Waals surface area contributed by atoms with Crippen molar-refractivity contribution in [1.29, 1.82) is 0 Å². The Balaban J connectivity index is 1.55. The molecule has 0 spiro atoms. The van der Waals surface area contributed by atoms with Gasteiger partial charge >= 0.3 is 0 Å². The Kier molecular flexibility index (Phi) is 6.82. The minimum Gasteiger partial charge on any atom is -0.352 e. The van der Waals surface area contributed by atoms with Crippen molar-refractivity contribution in [3.8, 4) is 0 Å². The third-order valence-electron chi connectivity index (χ3n) is 5.06. The zero-order valence-corrected chi connectivity index (χ0v) is 16.7. The van der Waals surface area contributed by atoms with Gasteiger partial charge in [-0.1, -0.05) is 42.5 Å². The van der Waals surface area contributed by atoms with Crippen molar-refractivity contribution in [2.75, 3.05) is 27.2 Å². The van der Waals surface area contributed by atoms with Crippen LogP contribution in [0.1, 0.15) is 34.3 Å². The average Bonchev–Trinajstić information content (AvgIpc) is 2.72. The normalized spacial score (nSPS) is 16.8. The molecule has 5 nitrogen and oxygen atoms in total. The Morgan fingerprint density at radius 3 is 2.57 bits per heavy atom. The number of benzene rings is 2. The maximum absolute atomic E-state index is 12.7. The highest BCUT2D eigenvalue weighted by molar-refractivity contribution is 5.94. The fourth-order valence-electron chi connectivity index (χ4n) is 3.68. The first kappa shape index (κ1) is 20.1. The molecule has 1 unspecified atom stereocenters. The van der Waals surface area contributed by atoms with Crippen molar-refractivity contribution in [3.05, 3.63) is 71.3 Å². The number of carbonyl (C=O) groups excluding carboxylic acids is 2. The summed E-state index contributed by atoms with van der Waals surface area (Å²) >= 11 is 0. The fraction of sp³-hybridized carbons (Fsp3) is 0.391. The topological polar surface area (TPSA) is 52.7 Å². The number of hydrogen-bond donors (Lipinski definition) is 1. The Morgan fingerprint density at radius 2 is 1.82 bits per heavy atom. The molecule has 0 saturated carbocycles. The van der Waals surface area contributed by atoms with E-state index in [1.165, 1.54) is 5.56 Å². The number of amides is 2. The lowest BCUT2D eigenvalue weighted by Crippen LogP contribution is -2.45. The van der Waals surface area contributed by atoms with Crippen LogP contribution in [0.15, 0.2) is 54.6 Å². The predicted octanol–water partition coefficient (Wildman–Crippen LogP) is 2.92. The maximum Gasteiger partial charge on any atom is 0.253 e. The molecule has 28 heavy (non-hydrogen) atoms. The van der Waals surface area contributed by atoms with Crippen molar-refractivity contribution in [2.24, 2.45) is 5.92 Å². The monoisotopic (exact) mass is 379 g/mol. The minimum absolute atomic E-state index is 0.00878. The van der Waals surface area contributed by atoms with Crippen LogP contribution in [0.4, 0.5) is 0 Å². The number of nitrogens with one attached hydrogen (secondary N) is 1. The van der Waals surface area contributed by atoms with Gasteiger partial charge in [-0.05, 0) is 50.2 Å². The van der Waals surface area contributed by atoms with E-state index < -0.39 is 0 Å². The summed E-state index contributed by atoms with van der Waals surface area (Å²) < 4.78 is 0. The zero-order valence-electron chi connectivity index (χ0n) is 16.7. The highest BCUT2D eigenvalue weighted by Gasteiger charge is 2.28. The molecule has 1 N–H and O–H groups in total. The molecule has 148 valence electrons. The second-order valence-electron chi connectivity index (χ2n) is 7.73. The van der Waals surface area contributed by atoms with Gasteiger partial charge < -0.3 is 15.1 Å². The van der Waals surface area contributed by atoms with E-state index in [-0.39, 0.29) is 17.7 Å². The number of likely N-dealkylation sites (tertiary alicyclic amines) is 1. The Morgan fingerprint density at radius 1 is 1.07 bits per heavy atom. The van der Waals surface area contributed by atoms with E-state index in [1.807, 2.05) is 56.6 Å². The summed E-state index contributed by atoms with van der Waals surface area (Å²) in [6, 6.07) is 17.6. The van der Waals surface area contributed by atoms with E-state index in [2.05, 4.69) is 22.3 Å². The average molecular weight is 380 g/mol. The molecule has 1 aliphatic heterocycles. The van der Waals surface area contributed by atoms with Gasteiger partial charge in [0, 0.05) is 31.7 Å². The lowest BCUT2D eigenvalue weighted by molar-refractivity contribution is -0.126. The van der Waals surface area contributed by atoms with Gasteiger partial charge in [-0.15, -0.1) is 0 Å². The number of piperidine rings is 1. The molecule has 1 fully saturated rings. The molecule has 0 bridgehead atoms. The number of rotatable bonds is 6. The first-order valence-electron chi connectivity index (χ1n) is 9.87. The predicted molar refractivity (Wildman–Crippen MR) is 111 cm³/mol. The van der Waals surface area contributed by atoms with Crippen LogP contribution in [0.3, 0.4) is 0 Å². The summed E-state index contributed by atoms with van der Waals surface area (Å²) in [6.45, 7) is 2.59. The maximum atomic E-state index is 12.7. The van der Waals surface area contributed by atoms with Crippen LogP contribution < -0.4 is 5.32 Å². The van der Waals surface area contributed by atoms with Crippen LogP contribution in [0, 0.1) is 5.92 Å². The molecule has 2 aromatic rings. The van der Waals surface area contributed by atoms with Crippen molar-refractivity contribution in [3.63, 3.8) is 0 Å². The quantitative estimate of drug-likeness (QED) is 0.840. The van der Waals surface area contributed by atoms with E-state index in [4.69, 9.17) is 0 Å². The third kappa shape index (κ3) is 5.42. The number of carbonyl (C=O) groups is 2. The summed E-state index contributed by atoms with van der Waals surface area (Å²) in [5, 5.41) is 3.06. The van der Waals surface area contributed by atoms with Crippen molar-refractivity contribution >= 4 is 11.8 Å². The van der Waals surface area contributed by atoms with E-state index in [9.17, 15) is 9.59 Å². The summed E-state index contributed by atoms with van der Waals surface area (Å²) in [5.41, 5.74) is 3.01. The lowest BCUT2D eigenvalue weighted by Gasteiger charge is -2.32. The number of hydrogen-bond acceptors (Lipinski definition) is 3. The number of nitrogens with zero attached hydrogens (tertiary/aromatic N) is 2. The summed E-state index contributed by atoms with van der Waals surface area (Å²) in [5.74, 6) is -0.107. The molecule has 3 rings (SSSR count). The molecule has 0 aliphatic carbocycles. The molecule has 0 aromatic heterocycles. The van der Waals surface area contributed by atoms with Gasteiger partial charge in [0.25, 0.3) is 5.91 Å². The second kappa shape index (κ2) is 9.51. The molecule has 1 heterocycles. The van der Waals surface area contributed by atoms with Gasteiger partial charge in [-0.25, -0.2) is 0 Å². The largest absolute Gasteiger partial charge is 0.352 e. The summed E-state index contributed by atoms with van der Waals surface area (Å²) in [7, 11) is 4.08. The van der Waals surface area contributed by atoms with E-state index in [1.54, 1.807) is 4.90 Å². The second-order valence-corrected chi connectivity index (χ2v) is 7.73. The third-order valence-corrected chi connectivity index (χ3v) is 5.06. The van der Waals surface area contributed by atoms with Crippen LogP contribution in [0.5, 0.6) is 0 Å². The highest BCUT2D eigenvalue weighted by atomic mass is 16.2. The van der Waals surface area contributed by atoms with Crippen molar-refractivity contribution < 1.29 is 9.59 Å². The van der Waals surface area contributed by atoms with Crippen LogP contribution in [0.2, 0.25) is 0 Å². The van der Waals surface area contributed by atoms with Gasteiger partial charge in [0.15, 0.2) is 0 Å². The van der Waals surface area contributed by atoms with E-state index in [0.717, 1.165) is 24.9 Å². The first-order valence-corrected chi connectivity index (χ1v) is 9.87. The SMILES string of the molecule is CN(C)Cc1cccc(CNC(=O)C2CCCN(C(=O)c3ccccc3)C2)c1. The molecular weight excluding hydrogens is 350 g/mol. The van der Waals surface area contributed by atoms with Gasteiger partial charge in [0.05, 0.1) is 5.92 Å². The lowest BCUT2D eigenvalue weighted by atomic mass is 9.96. The van der Waals surface area contributed by atoms with Gasteiger partial charge in [0.2, 0.25) is 5.91 Å². The highest BCUT2D eigenvalue weighted by Crippen LogP contribution is 2.19. The van der Waals surface area contributed by atoms with Crippen molar-refractivity contribution in [2.45, 2.75) is 25.9 Å². The van der Waals surface area contributed by atoms with Crippen molar-refractivity contribution in [1.82, 2.24) is 15.1 Å². The van der Waals surface area contributed by atoms with Crippen LogP contribution in [0.25, 0.3) is 0 Å². The molecule has 1 saturated heterocycles.